The van der Waals surface area contributed by atoms with Crippen molar-refractivity contribution in [3.63, 3.8) is 0 Å². The van der Waals surface area contributed by atoms with Crippen LogP contribution in [0.25, 0.3) is 0 Å². The van der Waals surface area contributed by atoms with Gasteiger partial charge in [-0.1, -0.05) is 24.6 Å². The van der Waals surface area contributed by atoms with Crippen LogP contribution < -0.4 is 10.6 Å². The van der Waals surface area contributed by atoms with Gasteiger partial charge in [-0.25, -0.2) is 0 Å². The summed E-state index contributed by atoms with van der Waals surface area (Å²) in [5.74, 6) is 0.595. The maximum atomic E-state index is 12.3. The number of hydrogen-bond acceptors (Lipinski definition) is 2. The Bertz CT molecular complexity index is 448. The second-order valence-corrected chi connectivity index (χ2v) is 5.37. The van der Waals surface area contributed by atoms with E-state index in [2.05, 4.69) is 17.6 Å². The summed E-state index contributed by atoms with van der Waals surface area (Å²) in [6.07, 6.45) is 1.12. The minimum Gasteiger partial charge on any atom is -0.348 e. The minimum absolute atomic E-state index is 0. The zero-order valence-electron chi connectivity index (χ0n) is 11.8. The Morgan fingerprint density at radius 1 is 1.37 bits per heavy atom. The molecule has 1 aliphatic rings. The summed E-state index contributed by atoms with van der Waals surface area (Å²) in [4.78, 5) is 12.3. The first-order valence-corrected chi connectivity index (χ1v) is 6.67. The van der Waals surface area contributed by atoms with Gasteiger partial charge >= 0.3 is 0 Å². The summed E-state index contributed by atoms with van der Waals surface area (Å²) in [6, 6.07) is 6.25. The first-order chi connectivity index (χ1) is 8.58. The molecule has 1 amide bonds. The van der Waals surface area contributed by atoms with Crippen molar-refractivity contribution in [2.24, 2.45) is 5.92 Å². The number of rotatable bonds is 2. The largest absolute Gasteiger partial charge is 0.348 e. The molecule has 4 heteroatoms. The molecule has 0 spiro atoms. The van der Waals surface area contributed by atoms with Crippen molar-refractivity contribution in [1.29, 1.82) is 0 Å². The lowest BCUT2D eigenvalue weighted by molar-refractivity contribution is 0.0914. The second-order valence-electron chi connectivity index (χ2n) is 5.37. The summed E-state index contributed by atoms with van der Waals surface area (Å²) in [5, 5.41) is 6.48. The highest BCUT2D eigenvalue weighted by molar-refractivity contribution is 5.96. The van der Waals surface area contributed by atoms with E-state index in [4.69, 9.17) is 0 Å². The van der Waals surface area contributed by atoms with Crippen molar-refractivity contribution in [2.45, 2.75) is 33.2 Å². The number of halogens is 1. The van der Waals surface area contributed by atoms with Crippen molar-refractivity contribution in [3.8, 4) is 0 Å². The highest BCUT2D eigenvalue weighted by Gasteiger charge is 2.23. The third-order valence-electron chi connectivity index (χ3n) is 3.78. The SMILES string of the molecule is Cc1ccc(C)c(C(=O)NC2CNCCC2C)c1.Cl. The molecule has 0 saturated carbocycles. The number of carbonyl (C=O) groups excluding carboxylic acids is 1. The summed E-state index contributed by atoms with van der Waals surface area (Å²) in [6.45, 7) is 8.13. The van der Waals surface area contributed by atoms with E-state index in [1.54, 1.807) is 0 Å². The van der Waals surface area contributed by atoms with E-state index >= 15 is 0 Å². The van der Waals surface area contributed by atoms with E-state index in [9.17, 15) is 4.79 Å². The Balaban J connectivity index is 0.00000180. The van der Waals surface area contributed by atoms with Crippen LogP contribution in [0.2, 0.25) is 0 Å². The lowest BCUT2D eigenvalue weighted by atomic mass is 9.94. The molecule has 0 radical (unpaired) electrons. The number of carbonyl (C=O) groups is 1. The standard InChI is InChI=1S/C15H22N2O.ClH/c1-10-4-5-11(2)13(8-10)15(18)17-14-9-16-7-6-12(14)3;/h4-5,8,12,14,16H,6-7,9H2,1-3H3,(H,17,18);1H. The molecule has 106 valence electrons. The zero-order chi connectivity index (χ0) is 13.1. The van der Waals surface area contributed by atoms with Gasteiger partial charge in [-0.3, -0.25) is 4.79 Å². The maximum absolute atomic E-state index is 12.3. The molecule has 3 nitrogen and oxygen atoms in total. The van der Waals surface area contributed by atoms with Crippen molar-refractivity contribution in [3.05, 3.63) is 34.9 Å². The third-order valence-corrected chi connectivity index (χ3v) is 3.78. The lowest BCUT2D eigenvalue weighted by Gasteiger charge is -2.30. The number of nitrogens with one attached hydrogen (secondary N) is 2. The lowest BCUT2D eigenvalue weighted by Crippen LogP contribution is -2.50. The van der Waals surface area contributed by atoms with Crippen molar-refractivity contribution < 1.29 is 4.79 Å². The first kappa shape index (κ1) is 16.0. The van der Waals surface area contributed by atoms with E-state index in [-0.39, 0.29) is 24.4 Å². The molecule has 1 aliphatic heterocycles. The van der Waals surface area contributed by atoms with Crippen LogP contribution in [-0.4, -0.2) is 25.0 Å². The van der Waals surface area contributed by atoms with E-state index in [0.717, 1.165) is 36.2 Å². The van der Waals surface area contributed by atoms with E-state index in [0.29, 0.717) is 5.92 Å². The minimum atomic E-state index is 0. The van der Waals surface area contributed by atoms with Gasteiger partial charge in [0.1, 0.15) is 0 Å². The molecular formula is C15H23ClN2O. The molecule has 1 heterocycles. The van der Waals surface area contributed by atoms with Crippen LogP contribution >= 0.6 is 12.4 Å². The average Bonchev–Trinajstić information content (AvgIpc) is 2.35. The Hall–Kier alpha value is -1.06. The van der Waals surface area contributed by atoms with Crippen LogP contribution in [0, 0.1) is 19.8 Å². The molecule has 2 rings (SSSR count). The van der Waals surface area contributed by atoms with Crippen molar-refractivity contribution >= 4 is 18.3 Å². The highest BCUT2D eigenvalue weighted by Crippen LogP contribution is 2.14. The summed E-state index contributed by atoms with van der Waals surface area (Å²) < 4.78 is 0. The fourth-order valence-electron chi connectivity index (χ4n) is 2.41. The van der Waals surface area contributed by atoms with Gasteiger partial charge in [0, 0.05) is 18.2 Å². The van der Waals surface area contributed by atoms with Crippen molar-refractivity contribution in [1.82, 2.24) is 10.6 Å². The summed E-state index contributed by atoms with van der Waals surface area (Å²) in [5.41, 5.74) is 2.96. The molecule has 1 fully saturated rings. The van der Waals surface area contributed by atoms with Crippen LogP contribution in [0.3, 0.4) is 0 Å². The molecule has 1 aromatic rings. The molecule has 0 aliphatic carbocycles. The molecule has 2 unspecified atom stereocenters. The van der Waals surface area contributed by atoms with E-state index < -0.39 is 0 Å². The van der Waals surface area contributed by atoms with E-state index in [1.807, 2.05) is 32.0 Å². The number of aryl methyl sites for hydroxylation is 2. The fourth-order valence-corrected chi connectivity index (χ4v) is 2.41. The molecule has 2 atom stereocenters. The van der Waals surface area contributed by atoms with Gasteiger partial charge < -0.3 is 10.6 Å². The van der Waals surface area contributed by atoms with Gasteiger partial charge in [0.25, 0.3) is 5.91 Å². The van der Waals surface area contributed by atoms with Gasteiger partial charge in [-0.2, -0.15) is 0 Å². The van der Waals surface area contributed by atoms with Gasteiger partial charge in [-0.15, -0.1) is 12.4 Å². The molecule has 1 saturated heterocycles. The van der Waals surface area contributed by atoms with Gasteiger partial charge in [0.05, 0.1) is 0 Å². The predicted molar refractivity (Wildman–Crippen MR) is 81.1 cm³/mol. The fraction of sp³-hybridized carbons (Fsp3) is 0.533. The Morgan fingerprint density at radius 3 is 2.79 bits per heavy atom. The van der Waals surface area contributed by atoms with Gasteiger partial charge in [0.15, 0.2) is 0 Å². The predicted octanol–water partition coefficient (Wildman–Crippen LogP) is 2.45. The second kappa shape index (κ2) is 6.92. The Kier molecular flexibility index (Phi) is 5.83. The van der Waals surface area contributed by atoms with Crippen LogP contribution in [-0.2, 0) is 0 Å². The average molecular weight is 283 g/mol. The highest BCUT2D eigenvalue weighted by atomic mass is 35.5. The molecule has 0 aromatic heterocycles. The normalized spacial score (nSPS) is 22.5. The third kappa shape index (κ3) is 3.95. The molecular weight excluding hydrogens is 260 g/mol. The molecule has 0 bridgehead atoms. The zero-order valence-corrected chi connectivity index (χ0v) is 12.6. The Morgan fingerprint density at radius 2 is 2.11 bits per heavy atom. The summed E-state index contributed by atoms with van der Waals surface area (Å²) in [7, 11) is 0. The van der Waals surface area contributed by atoms with Crippen LogP contribution in [0.15, 0.2) is 18.2 Å². The molecule has 2 N–H and O–H groups in total. The topological polar surface area (TPSA) is 41.1 Å². The maximum Gasteiger partial charge on any atom is 0.251 e. The van der Waals surface area contributed by atoms with Crippen molar-refractivity contribution in [2.75, 3.05) is 13.1 Å². The van der Waals surface area contributed by atoms with Crippen LogP contribution in [0.4, 0.5) is 0 Å². The number of benzene rings is 1. The molecule has 1 aromatic carbocycles. The monoisotopic (exact) mass is 282 g/mol. The van der Waals surface area contributed by atoms with Gasteiger partial charge in [-0.05, 0) is 44.4 Å². The van der Waals surface area contributed by atoms with Gasteiger partial charge in [0.2, 0.25) is 0 Å². The van der Waals surface area contributed by atoms with Crippen LogP contribution in [0.5, 0.6) is 0 Å². The smallest absolute Gasteiger partial charge is 0.251 e. The number of piperidine rings is 1. The first-order valence-electron chi connectivity index (χ1n) is 6.67. The summed E-state index contributed by atoms with van der Waals surface area (Å²) >= 11 is 0. The molecule has 19 heavy (non-hydrogen) atoms. The van der Waals surface area contributed by atoms with Crippen LogP contribution in [0.1, 0.15) is 34.8 Å². The number of amides is 1. The number of hydrogen-bond donors (Lipinski definition) is 2. The Labute approximate surface area is 121 Å². The van der Waals surface area contributed by atoms with E-state index in [1.165, 1.54) is 0 Å². The quantitative estimate of drug-likeness (QED) is 0.875.